The van der Waals surface area contributed by atoms with Crippen molar-refractivity contribution >= 4 is 41.1 Å². The molecule has 5 rings (SSSR count). The molecule has 0 aromatic heterocycles. The molecule has 3 heteroatoms. The summed E-state index contributed by atoms with van der Waals surface area (Å²) in [7, 11) is 0. The van der Waals surface area contributed by atoms with Crippen LogP contribution >= 0.6 is 12.6 Å². The quantitative estimate of drug-likeness (QED) is 0.206. The van der Waals surface area contributed by atoms with Crippen LogP contribution in [0, 0.1) is 13.8 Å². The van der Waals surface area contributed by atoms with Gasteiger partial charge in [0.05, 0.1) is 0 Å². The van der Waals surface area contributed by atoms with Crippen LogP contribution in [0.4, 0.5) is 28.4 Å². The van der Waals surface area contributed by atoms with Crippen molar-refractivity contribution in [3.8, 4) is 0 Å². The molecule has 0 N–H and O–H groups in total. The van der Waals surface area contributed by atoms with Gasteiger partial charge in [0.15, 0.2) is 0 Å². The third kappa shape index (κ3) is 5.95. The largest absolute Gasteiger partial charge is 0.337 e. The van der Waals surface area contributed by atoms with Crippen LogP contribution in [-0.4, -0.2) is 0 Å². The van der Waals surface area contributed by atoms with E-state index in [-0.39, 0.29) is 0 Å². The number of benzene rings is 5. The fourth-order valence-electron chi connectivity index (χ4n) is 4.75. The second-order valence-electron chi connectivity index (χ2n) is 9.80. The Bertz CT molecular complexity index is 1490. The molecule has 0 aliphatic rings. The summed E-state index contributed by atoms with van der Waals surface area (Å²) in [4.78, 5) is 5.62. The fourth-order valence-corrected chi connectivity index (χ4v) is 4.96. The molecule has 0 bridgehead atoms. The first kappa shape index (κ1) is 25.7. The van der Waals surface area contributed by atoms with Gasteiger partial charge in [-0.15, -0.1) is 12.6 Å². The monoisotopic (exact) mass is 514 g/mol. The summed E-state index contributed by atoms with van der Waals surface area (Å²) in [5.74, 6) is 0. The molecule has 2 nitrogen and oxygen atoms in total. The average molecular weight is 515 g/mol. The predicted molar refractivity (Wildman–Crippen MR) is 166 cm³/mol. The molecule has 0 saturated carbocycles. The number of hydrogen-bond donors (Lipinski definition) is 1. The molecule has 0 amide bonds. The van der Waals surface area contributed by atoms with Crippen molar-refractivity contribution in [1.82, 2.24) is 0 Å². The van der Waals surface area contributed by atoms with E-state index in [1.807, 2.05) is 6.07 Å². The minimum atomic E-state index is 0.782. The summed E-state index contributed by atoms with van der Waals surface area (Å²) in [6.45, 7) is 7.24. The number of nitrogens with zero attached hydrogens (tertiary/aromatic N) is 2. The van der Waals surface area contributed by atoms with Gasteiger partial charge in [0.2, 0.25) is 0 Å². The highest BCUT2D eigenvalue weighted by molar-refractivity contribution is 7.80. The highest BCUT2D eigenvalue weighted by atomic mass is 32.1. The molecule has 0 aliphatic heterocycles. The minimum absolute atomic E-state index is 0.782. The van der Waals surface area contributed by atoms with Crippen molar-refractivity contribution in [2.45, 2.75) is 38.6 Å². The van der Waals surface area contributed by atoms with Gasteiger partial charge < -0.3 is 9.80 Å². The van der Waals surface area contributed by atoms with Crippen LogP contribution in [-0.2, 0) is 13.0 Å². The van der Waals surface area contributed by atoms with Crippen molar-refractivity contribution in [2.75, 3.05) is 9.80 Å². The molecule has 0 radical (unpaired) electrons. The molecule has 190 valence electrons. The van der Waals surface area contributed by atoms with Crippen LogP contribution in [0.1, 0.15) is 29.2 Å². The van der Waals surface area contributed by atoms with E-state index in [2.05, 4.69) is 158 Å². The van der Waals surface area contributed by atoms with E-state index in [1.54, 1.807) is 0 Å². The molecular weight excluding hydrogens is 480 g/mol. The van der Waals surface area contributed by atoms with Gasteiger partial charge in [-0.05, 0) is 104 Å². The van der Waals surface area contributed by atoms with Gasteiger partial charge >= 0.3 is 0 Å². The van der Waals surface area contributed by atoms with Gasteiger partial charge in [0.25, 0.3) is 0 Å². The molecule has 0 unspecified atom stereocenters. The summed E-state index contributed by atoms with van der Waals surface area (Å²) in [5.41, 5.74) is 10.8. The Hall–Kier alpha value is -3.95. The minimum Gasteiger partial charge on any atom is -0.337 e. The predicted octanol–water partition coefficient (Wildman–Crippen LogP) is 9.96. The van der Waals surface area contributed by atoms with E-state index >= 15 is 0 Å². The normalized spacial score (nSPS) is 10.8. The first-order chi connectivity index (χ1) is 18.5. The number of rotatable bonds is 8. The van der Waals surface area contributed by atoms with Gasteiger partial charge in [-0.2, -0.15) is 0 Å². The summed E-state index contributed by atoms with van der Waals surface area (Å²) in [6.07, 6.45) is 1.03. The van der Waals surface area contributed by atoms with Gasteiger partial charge in [-0.3, -0.25) is 0 Å². The lowest BCUT2D eigenvalue weighted by molar-refractivity contribution is 0.973. The van der Waals surface area contributed by atoms with E-state index < -0.39 is 0 Å². The second kappa shape index (κ2) is 11.6. The SMILES string of the molecule is CCc1ccc(N(c2ccc(CN(c3ccc(C)cc3)c3cccc(C)c3)cc2)c2cccc(S)c2)cc1. The van der Waals surface area contributed by atoms with Gasteiger partial charge in [-0.25, -0.2) is 0 Å². The van der Waals surface area contributed by atoms with E-state index in [0.717, 1.165) is 34.9 Å². The molecule has 5 aromatic carbocycles. The topological polar surface area (TPSA) is 6.48 Å². The van der Waals surface area contributed by atoms with Crippen LogP contribution in [0.3, 0.4) is 0 Å². The van der Waals surface area contributed by atoms with E-state index in [0.29, 0.717) is 0 Å². The third-order valence-corrected chi connectivity index (χ3v) is 7.16. The Morgan fingerprint density at radius 3 is 1.71 bits per heavy atom. The highest BCUT2D eigenvalue weighted by Gasteiger charge is 2.15. The maximum absolute atomic E-state index is 4.61. The van der Waals surface area contributed by atoms with Gasteiger partial charge in [-0.1, -0.05) is 67.1 Å². The summed E-state index contributed by atoms with van der Waals surface area (Å²) in [5, 5.41) is 0. The average Bonchev–Trinajstić information content (AvgIpc) is 2.94. The Morgan fingerprint density at radius 2 is 1.11 bits per heavy atom. The molecule has 0 aliphatic carbocycles. The zero-order valence-corrected chi connectivity index (χ0v) is 23.2. The smallest absolute Gasteiger partial charge is 0.0481 e. The van der Waals surface area contributed by atoms with Crippen LogP contribution in [0.2, 0.25) is 0 Å². The lowest BCUT2D eigenvalue weighted by Crippen LogP contribution is -2.17. The Kier molecular flexibility index (Phi) is 7.86. The first-order valence-electron chi connectivity index (χ1n) is 13.2. The lowest BCUT2D eigenvalue weighted by atomic mass is 10.1. The summed E-state index contributed by atoms with van der Waals surface area (Å²) < 4.78 is 0. The third-order valence-electron chi connectivity index (χ3n) is 6.88. The van der Waals surface area contributed by atoms with Crippen LogP contribution in [0.15, 0.2) is 126 Å². The van der Waals surface area contributed by atoms with E-state index in [4.69, 9.17) is 0 Å². The Morgan fingerprint density at radius 1 is 0.526 bits per heavy atom. The van der Waals surface area contributed by atoms with Crippen LogP contribution in [0.25, 0.3) is 0 Å². The lowest BCUT2D eigenvalue weighted by Gasteiger charge is -2.28. The molecule has 38 heavy (non-hydrogen) atoms. The van der Waals surface area contributed by atoms with Crippen molar-refractivity contribution in [1.29, 1.82) is 0 Å². The molecule has 0 atom stereocenters. The van der Waals surface area contributed by atoms with E-state index in [9.17, 15) is 0 Å². The molecule has 0 saturated heterocycles. The molecule has 0 spiro atoms. The Labute approximate surface area is 232 Å². The van der Waals surface area contributed by atoms with Crippen molar-refractivity contribution in [2.24, 2.45) is 0 Å². The van der Waals surface area contributed by atoms with E-state index in [1.165, 1.54) is 33.6 Å². The maximum atomic E-state index is 4.61. The number of aryl methyl sites for hydroxylation is 3. The second-order valence-corrected chi connectivity index (χ2v) is 10.3. The number of thiol groups is 1. The highest BCUT2D eigenvalue weighted by Crippen LogP contribution is 2.36. The number of anilines is 5. The molecular formula is C35H34N2S. The molecule has 5 aromatic rings. The van der Waals surface area contributed by atoms with Gasteiger partial charge in [0, 0.05) is 39.9 Å². The van der Waals surface area contributed by atoms with Crippen molar-refractivity contribution in [3.05, 3.63) is 144 Å². The standard InChI is InChI=1S/C35H34N2S/c1-4-28-13-19-31(20-14-28)37(34-9-6-10-35(38)24-34)32-21-15-29(16-22-32)25-36(30-17-11-26(2)12-18-30)33-8-5-7-27(3)23-33/h5-24,38H,4,25H2,1-3H3. The van der Waals surface area contributed by atoms with Crippen LogP contribution < -0.4 is 9.80 Å². The zero-order valence-electron chi connectivity index (χ0n) is 22.3. The van der Waals surface area contributed by atoms with Gasteiger partial charge in [0.1, 0.15) is 0 Å². The zero-order chi connectivity index (χ0) is 26.5. The van der Waals surface area contributed by atoms with Crippen molar-refractivity contribution in [3.63, 3.8) is 0 Å². The summed E-state index contributed by atoms with van der Waals surface area (Å²) >= 11 is 4.61. The molecule has 0 fully saturated rings. The number of hydrogen-bond acceptors (Lipinski definition) is 3. The first-order valence-corrected chi connectivity index (χ1v) is 13.6. The van der Waals surface area contributed by atoms with Crippen LogP contribution in [0.5, 0.6) is 0 Å². The fraction of sp³-hybridized carbons (Fsp3) is 0.143. The molecule has 0 heterocycles. The van der Waals surface area contributed by atoms with Crippen molar-refractivity contribution < 1.29 is 0 Å². The Balaban J connectivity index is 1.49. The maximum Gasteiger partial charge on any atom is 0.0481 e. The summed E-state index contributed by atoms with van der Waals surface area (Å²) in [6, 6.07) is 43.6.